The van der Waals surface area contributed by atoms with E-state index in [1.807, 2.05) is 36.9 Å². The maximum atomic E-state index is 13.0. The second-order valence-corrected chi connectivity index (χ2v) is 7.08. The topological polar surface area (TPSA) is 88.6 Å². The number of likely N-dealkylation sites (tertiary alicyclic amines) is 1. The number of carbonyl (C=O) groups excluding carboxylic acids is 2. The molecule has 148 valence electrons. The van der Waals surface area contributed by atoms with Gasteiger partial charge in [0.2, 0.25) is 5.91 Å². The van der Waals surface area contributed by atoms with Crippen LogP contribution in [-0.4, -0.2) is 42.4 Å². The Kier molecular flexibility index (Phi) is 7.27. The van der Waals surface area contributed by atoms with Crippen LogP contribution < -0.4 is 11.1 Å². The molecule has 0 aliphatic carbocycles. The van der Waals surface area contributed by atoms with Gasteiger partial charge in [-0.25, -0.2) is 0 Å². The summed E-state index contributed by atoms with van der Waals surface area (Å²) in [6.45, 7) is 5.56. The smallest absolute Gasteiger partial charge is 0.289 e. The standard InChI is InChI=1S/C20H27N3O3.ClH/c1-13-9-15-11-18(26-17(15)10-14(13)2)20(25)23-8-4-3-5-16(23)12-22-19(24)6-7-21;/h9-11,16H,3-8,12,21H2,1-2H3,(H,22,24);1H. The highest BCUT2D eigenvalue weighted by molar-refractivity contribution is 5.96. The summed E-state index contributed by atoms with van der Waals surface area (Å²) in [7, 11) is 0. The Balaban J connectivity index is 0.00000261. The van der Waals surface area contributed by atoms with Crippen molar-refractivity contribution in [3.63, 3.8) is 0 Å². The van der Waals surface area contributed by atoms with Crippen molar-refractivity contribution in [2.45, 2.75) is 45.6 Å². The van der Waals surface area contributed by atoms with Gasteiger partial charge in [-0.2, -0.15) is 0 Å². The first kappa shape index (κ1) is 21.3. The van der Waals surface area contributed by atoms with E-state index in [4.69, 9.17) is 10.2 Å². The van der Waals surface area contributed by atoms with Crippen LogP contribution in [0.2, 0.25) is 0 Å². The maximum absolute atomic E-state index is 13.0. The van der Waals surface area contributed by atoms with E-state index in [9.17, 15) is 9.59 Å². The van der Waals surface area contributed by atoms with Gasteiger partial charge in [-0.1, -0.05) is 0 Å². The fraction of sp³-hybridized carbons (Fsp3) is 0.500. The first-order chi connectivity index (χ1) is 12.5. The molecule has 1 fully saturated rings. The largest absolute Gasteiger partial charge is 0.451 e. The molecule has 27 heavy (non-hydrogen) atoms. The predicted octanol–water partition coefficient (Wildman–Crippen LogP) is 2.93. The molecule has 7 heteroatoms. The quantitative estimate of drug-likeness (QED) is 0.817. The van der Waals surface area contributed by atoms with Gasteiger partial charge in [-0.15, -0.1) is 12.4 Å². The fourth-order valence-corrected chi connectivity index (χ4v) is 3.48. The normalized spacial score (nSPS) is 16.9. The van der Waals surface area contributed by atoms with Gasteiger partial charge in [0.05, 0.1) is 0 Å². The van der Waals surface area contributed by atoms with Crippen LogP contribution in [0.15, 0.2) is 22.6 Å². The van der Waals surface area contributed by atoms with Crippen LogP contribution in [0.25, 0.3) is 11.0 Å². The van der Waals surface area contributed by atoms with Gasteiger partial charge >= 0.3 is 0 Å². The lowest BCUT2D eigenvalue weighted by Crippen LogP contribution is -2.49. The molecule has 1 aromatic heterocycles. The average Bonchev–Trinajstić information content (AvgIpc) is 3.03. The molecule has 0 radical (unpaired) electrons. The zero-order chi connectivity index (χ0) is 18.7. The van der Waals surface area contributed by atoms with E-state index < -0.39 is 0 Å². The molecule has 2 aromatic rings. The van der Waals surface area contributed by atoms with Crippen LogP contribution in [0.3, 0.4) is 0 Å². The molecule has 6 nitrogen and oxygen atoms in total. The van der Waals surface area contributed by atoms with Crippen molar-refractivity contribution in [2.24, 2.45) is 5.73 Å². The Morgan fingerprint density at radius 2 is 1.96 bits per heavy atom. The minimum atomic E-state index is -0.103. The van der Waals surface area contributed by atoms with Crippen LogP contribution in [0.5, 0.6) is 0 Å². The third-order valence-corrected chi connectivity index (χ3v) is 5.14. The fourth-order valence-electron chi connectivity index (χ4n) is 3.48. The van der Waals surface area contributed by atoms with E-state index in [2.05, 4.69) is 5.32 Å². The molecule has 2 heterocycles. The van der Waals surface area contributed by atoms with E-state index >= 15 is 0 Å². The zero-order valence-electron chi connectivity index (χ0n) is 15.9. The molecule has 1 aromatic carbocycles. The summed E-state index contributed by atoms with van der Waals surface area (Å²) in [6, 6.07) is 5.84. The summed E-state index contributed by atoms with van der Waals surface area (Å²) in [6.07, 6.45) is 3.22. The number of nitrogens with one attached hydrogen (secondary N) is 1. The van der Waals surface area contributed by atoms with Crippen molar-refractivity contribution in [1.82, 2.24) is 10.2 Å². The molecular weight excluding hydrogens is 366 g/mol. The van der Waals surface area contributed by atoms with Crippen LogP contribution in [0.4, 0.5) is 0 Å². The number of nitrogens with zero attached hydrogens (tertiary/aromatic N) is 1. The number of fused-ring (bicyclic) bond motifs is 1. The molecule has 0 bridgehead atoms. The lowest BCUT2D eigenvalue weighted by atomic mass is 10.0. The van der Waals surface area contributed by atoms with Gasteiger partial charge in [0, 0.05) is 37.5 Å². The Hall–Kier alpha value is -2.05. The molecule has 2 amide bonds. The van der Waals surface area contributed by atoms with Crippen LogP contribution in [0, 0.1) is 13.8 Å². The number of hydrogen-bond acceptors (Lipinski definition) is 4. The van der Waals surface area contributed by atoms with Crippen molar-refractivity contribution < 1.29 is 14.0 Å². The maximum Gasteiger partial charge on any atom is 0.289 e. The summed E-state index contributed by atoms with van der Waals surface area (Å²) in [5.74, 6) is 0.194. The van der Waals surface area contributed by atoms with Gasteiger partial charge in [-0.3, -0.25) is 9.59 Å². The second kappa shape index (κ2) is 9.24. The summed E-state index contributed by atoms with van der Waals surface area (Å²) >= 11 is 0. The van der Waals surface area contributed by atoms with Crippen molar-refractivity contribution in [3.05, 3.63) is 35.1 Å². The molecule has 1 aliphatic heterocycles. The first-order valence-corrected chi connectivity index (χ1v) is 9.28. The SMILES string of the molecule is Cc1cc2cc(C(=O)N3CCCCC3CNC(=O)CCN)oc2cc1C.Cl. The van der Waals surface area contributed by atoms with Crippen molar-refractivity contribution >= 4 is 35.2 Å². The highest BCUT2D eigenvalue weighted by Gasteiger charge is 2.29. The van der Waals surface area contributed by atoms with E-state index in [0.717, 1.165) is 35.8 Å². The molecule has 1 aliphatic rings. The monoisotopic (exact) mass is 393 g/mol. The van der Waals surface area contributed by atoms with Crippen LogP contribution in [-0.2, 0) is 4.79 Å². The number of amides is 2. The molecule has 0 spiro atoms. The number of hydrogen-bond donors (Lipinski definition) is 2. The number of nitrogens with two attached hydrogens (primary N) is 1. The molecule has 0 saturated carbocycles. The number of rotatable bonds is 5. The lowest BCUT2D eigenvalue weighted by molar-refractivity contribution is -0.121. The first-order valence-electron chi connectivity index (χ1n) is 9.28. The molecule has 1 unspecified atom stereocenters. The lowest BCUT2D eigenvalue weighted by Gasteiger charge is -2.35. The summed E-state index contributed by atoms with van der Waals surface area (Å²) in [5.41, 5.74) is 8.47. The van der Waals surface area contributed by atoms with E-state index in [0.29, 0.717) is 31.8 Å². The third kappa shape index (κ3) is 4.82. The average molecular weight is 394 g/mol. The molecule has 3 N–H and O–H groups in total. The Bertz CT molecular complexity index is 779. The molecule has 1 atom stereocenters. The van der Waals surface area contributed by atoms with Gasteiger partial charge in [0.1, 0.15) is 5.58 Å². The van der Waals surface area contributed by atoms with Crippen LogP contribution >= 0.6 is 12.4 Å². The molecule has 1 saturated heterocycles. The van der Waals surface area contributed by atoms with Crippen molar-refractivity contribution in [3.8, 4) is 0 Å². The van der Waals surface area contributed by atoms with Gasteiger partial charge in [-0.05, 0) is 62.4 Å². The predicted molar refractivity (Wildman–Crippen MR) is 108 cm³/mol. The highest BCUT2D eigenvalue weighted by atomic mass is 35.5. The van der Waals surface area contributed by atoms with Gasteiger partial charge in [0.15, 0.2) is 5.76 Å². The summed E-state index contributed by atoms with van der Waals surface area (Å²) in [5, 5.41) is 3.83. The summed E-state index contributed by atoms with van der Waals surface area (Å²) in [4.78, 5) is 26.6. The number of carbonyl (C=O) groups is 2. The Morgan fingerprint density at radius 3 is 2.70 bits per heavy atom. The van der Waals surface area contributed by atoms with Crippen LogP contribution in [0.1, 0.15) is 47.4 Å². The molecule has 3 rings (SSSR count). The minimum absolute atomic E-state index is 0. The number of halogens is 1. The van der Waals surface area contributed by atoms with Crippen molar-refractivity contribution in [1.29, 1.82) is 0 Å². The number of piperidine rings is 1. The molecular formula is C20H28ClN3O3. The second-order valence-electron chi connectivity index (χ2n) is 7.08. The van der Waals surface area contributed by atoms with Gasteiger partial charge in [0.25, 0.3) is 5.91 Å². The van der Waals surface area contributed by atoms with E-state index in [-0.39, 0.29) is 30.3 Å². The van der Waals surface area contributed by atoms with Gasteiger partial charge < -0.3 is 20.4 Å². The Labute approximate surface area is 165 Å². The van der Waals surface area contributed by atoms with E-state index in [1.165, 1.54) is 5.56 Å². The number of benzene rings is 1. The summed E-state index contributed by atoms with van der Waals surface area (Å²) < 4.78 is 5.84. The third-order valence-electron chi connectivity index (χ3n) is 5.14. The van der Waals surface area contributed by atoms with Crippen molar-refractivity contribution in [2.75, 3.05) is 19.6 Å². The minimum Gasteiger partial charge on any atom is -0.451 e. The number of furan rings is 1. The van der Waals surface area contributed by atoms with E-state index in [1.54, 1.807) is 0 Å². The number of aryl methyl sites for hydroxylation is 2. The zero-order valence-corrected chi connectivity index (χ0v) is 16.7. The Morgan fingerprint density at radius 1 is 1.22 bits per heavy atom. The highest BCUT2D eigenvalue weighted by Crippen LogP contribution is 2.26.